The van der Waals surface area contributed by atoms with Gasteiger partial charge >= 0.3 is 15.6 Å². The Bertz CT molecular complexity index is 1430. The van der Waals surface area contributed by atoms with Crippen LogP contribution in [0.3, 0.4) is 0 Å². The zero-order valence-corrected chi connectivity index (χ0v) is 23.0. The predicted octanol–water partition coefficient (Wildman–Crippen LogP) is 2.94. The lowest BCUT2D eigenvalue weighted by atomic mass is 10.2. The van der Waals surface area contributed by atoms with Gasteiger partial charge in [-0.05, 0) is 38.5 Å². The lowest BCUT2D eigenvalue weighted by Gasteiger charge is -2.22. The van der Waals surface area contributed by atoms with Crippen LogP contribution in [0, 0.1) is 11.8 Å². The van der Waals surface area contributed by atoms with Gasteiger partial charge in [0.1, 0.15) is 49.4 Å². The molecule has 2 saturated heterocycles. The summed E-state index contributed by atoms with van der Waals surface area (Å²) >= 11 is 0. The molecule has 0 radical (unpaired) electrons. The third-order valence-electron chi connectivity index (χ3n) is 5.62. The maximum absolute atomic E-state index is 12.2. The van der Waals surface area contributed by atoms with E-state index in [1.165, 1.54) is 12.3 Å². The SMILES string of the molecule is O=c1cc(COC2CCCCO2)occ1C#CCO.O=c1cc(COC2CCCCO2)occ1OS(=O)(=O)C(F)(F)F. The van der Waals surface area contributed by atoms with Crippen molar-refractivity contribution in [2.45, 2.75) is 69.8 Å². The summed E-state index contributed by atoms with van der Waals surface area (Å²) in [5.41, 5.74) is -6.73. The summed E-state index contributed by atoms with van der Waals surface area (Å²) in [5.74, 6) is 4.28. The molecule has 2 aromatic rings. The van der Waals surface area contributed by atoms with Crippen molar-refractivity contribution in [3.05, 3.63) is 62.2 Å². The molecular formula is C26H29F3O12S. The van der Waals surface area contributed by atoms with Crippen LogP contribution in [0.5, 0.6) is 5.75 Å². The van der Waals surface area contributed by atoms with Crippen molar-refractivity contribution in [2.75, 3.05) is 19.8 Å². The molecule has 0 saturated carbocycles. The topological polar surface area (TPSA) is 161 Å². The van der Waals surface area contributed by atoms with Crippen LogP contribution in [0.25, 0.3) is 0 Å². The Morgan fingerprint density at radius 2 is 1.43 bits per heavy atom. The van der Waals surface area contributed by atoms with Crippen LogP contribution in [-0.4, -0.2) is 51.4 Å². The molecule has 1 N–H and O–H groups in total. The van der Waals surface area contributed by atoms with E-state index in [1.54, 1.807) is 0 Å². The number of alkyl halides is 3. The first-order valence-corrected chi connectivity index (χ1v) is 14.2. The normalized spacial score (nSPS) is 19.1. The molecular weight excluding hydrogens is 593 g/mol. The van der Waals surface area contributed by atoms with Crippen molar-refractivity contribution in [3.8, 4) is 17.6 Å². The van der Waals surface area contributed by atoms with E-state index >= 15 is 0 Å². The summed E-state index contributed by atoms with van der Waals surface area (Å²) in [4.78, 5) is 23.3. The van der Waals surface area contributed by atoms with Gasteiger partial charge in [0, 0.05) is 25.3 Å². The number of halogens is 3. The molecule has 4 heterocycles. The Kier molecular flexibility index (Phi) is 12.6. The van der Waals surface area contributed by atoms with Gasteiger partial charge in [0.25, 0.3) is 0 Å². The maximum atomic E-state index is 12.2. The largest absolute Gasteiger partial charge is 0.534 e. The minimum atomic E-state index is -5.93. The second-order valence-corrected chi connectivity index (χ2v) is 10.4. The fraction of sp³-hybridized carbons (Fsp3) is 0.538. The molecule has 2 aromatic heterocycles. The Morgan fingerprint density at radius 3 is 1.88 bits per heavy atom. The van der Waals surface area contributed by atoms with Gasteiger partial charge < -0.3 is 37.1 Å². The molecule has 0 aliphatic carbocycles. The lowest BCUT2D eigenvalue weighted by molar-refractivity contribution is -0.171. The quantitative estimate of drug-likeness (QED) is 0.261. The Hall–Kier alpha value is -3.20. The highest BCUT2D eigenvalue weighted by Crippen LogP contribution is 2.26. The van der Waals surface area contributed by atoms with Gasteiger partial charge in [0.05, 0.1) is 0 Å². The first-order chi connectivity index (χ1) is 20.0. The van der Waals surface area contributed by atoms with E-state index < -0.39 is 33.1 Å². The van der Waals surface area contributed by atoms with Crippen LogP contribution in [0.4, 0.5) is 13.2 Å². The van der Waals surface area contributed by atoms with E-state index in [4.69, 9.17) is 32.9 Å². The number of hydrogen-bond acceptors (Lipinski definition) is 12. The van der Waals surface area contributed by atoms with Crippen LogP contribution >= 0.6 is 0 Å². The second-order valence-electron chi connectivity index (χ2n) is 8.86. The van der Waals surface area contributed by atoms with E-state index in [9.17, 15) is 31.2 Å². The number of ether oxygens (including phenoxy) is 4. The fourth-order valence-corrected chi connectivity index (χ4v) is 3.98. The van der Waals surface area contributed by atoms with Crippen molar-refractivity contribution < 1.29 is 58.7 Å². The van der Waals surface area contributed by atoms with Crippen molar-refractivity contribution in [1.82, 2.24) is 0 Å². The molecule has 0 spiro atoms. The molecule has 0 amide bonds. The average molecular weight is 623 g/mol. The second kappa shape index (κ2) is 15.9. The highest BCUT2D eigenvalue weighted by Gasteiger charge is 2.49. The minimum Gasteiger partial charge on any atom is -0.465 e. The van der Waals surface area contributed by atoms with Crippen LogP contribution in [0.1, 0.15) is 55.6 Å². The van der Waals surface area contributed by atoms with Gasteiger partial charge in [0.15, 0.2) is 12.6 Å². The first kappa shape index (κ1) is 33.3. The minimum absolute atomic E-state index is 0.000861. The third-order valence-corrected chi connectivity index (χ3v) is 6.59. The van der Waals surface area contributed by atoms with E-state index in [1.807, 2.05) is 0 Å². The Balaban J connectivity index is 0.000000235. The molecule has 2 unspecified atom stereocenters. The average Bonchev–Trinajstić information content (AvgIpc) is 2.96. The number of aliphatic hydroxyl groups excluding tert-OH is 1. The summed E-state index contributed by atoms with van der Waals surface area (Å²) in [6.45, 7) is 1.03. The molecule has 42 heavy (non-hydrogen) atoms. The van der Waals surface area contributed by atoms with Crippen LogP contribution in [-0.2, 0) is 42.3 Å². The van der Waals surface area contributed by atoms with Gasteiger partial charge in [-0.2, -0.15) is 21.6 Å². The first-order valence-electron chi connectivity index (χ1n) is 12.8. The summed E-state index contributed by atoms with van der Waals surface area (Å²) < 4.78 is 93.6. The molecule has 4 rings (SSSR count). The Labute approximate surface area is 238 Å². The zero-order valence-electron chi connectivity index (χ0n) is 22.2. The van der Waals surface area contributed by atoms with Gasteiger partial charge in [-0.15, -0.1) is 0 Å². The van der Waals surface area contributed by atoms with Gasteiger partial charge in [-0.3, -0.25) is 9.59 Å². The number of rotatable bonds is 8. The predicted molar refractivity (Wildman–Crippen MR) is 136 cm³/mol. The van der Waals surface area contributed by atoms with Crippen LogP contribution < -0.4 is 15.0 Å². The zero-order chi connectivity index (χ0) is 30.6. The van der Waals surface area contributed by atoms with E-state index in [0.717, 1.165) is 38.2 Å². The van der Waals surface area contributed by atoms with Crippen molar-refractivity contribution in [3.63, 3.8) is 0 Å². The summed E-state index contributed by atoms with van der Waals surface area (Å²) in [6.07, 6.45) is 6.66. The summed E-state index contributed by atoms with van der Waals surface area (Å²) in [7, 11) is -5.93. The monoisotopic (exact) mass is 622 g/mol. The summed E-state index contributed by atoms with van der Waals surface area (Å²) in [5, 5.41) is 8.56. The maximum Gasteiger partial charge on any atom is 0.534 e. The van der Waals surface area contributed by atoms with Gasteiger partial charge in [-0.25, -0.2) is 0 Å². The van der Waals surface area contributed by atoms with Gasteiger partial charge in [0.2, 0.25) is 16.6 Å². The molecule has 0 aromatic carbocycles. The molecule has 12 nitrogen and oxygen atoms in total. The molecule has 16 heteroatoms. The molecule has 2 atom stereocenters. The highest BCUT2D eigenvalue weighted by atomic mass is 32.2. The summed E-state index contributed by atoms with van der Waals surface area (Å²) in [6, 6.07) is 2.15. The molecule has 2 aliphatic heterocycles. The van der Waals surface area contributed by atoms with Crippen molar-refractivity contribution >= 4 is 10.1 Å². The number of aliphatic hydroxyl groups is 1. The van der Waals surface area contributed by atoms with Crippen molar-refractivity contribution in [2.24, 2.45) is 0 Å². The standard InChI is InChI=1S/C14H16O5.C12H13F3O7S/c15-6-3-4-11-9-18-12(8-13(11)16)10-19-14-5-1-2-7-17-14;13-12(14,15)23(17,18)22-10-7-20-8(5-9(10)16)6-21-11-3-1-2-4-19-11/h8-9,14-15H,1-2,5-7,10H2;5,7,11H,1-4,6H2. The van der Waals surface area contributed by atoms with E-state index in [0.29, 0.717) is 31.7 Å². The smallest absolute Gasteiger partial charge is 0.465 e. The molecule has 232 valence electrons. The molecule has 0 bridgehead atoms. The lowest BCUT2D eigenvalue weighted by Crippen LogP contribution is -2.29. The fourth-order valence-electron chi connectivity index (χ4n) is 3.53. The Morgan fingerprint density at radius 1 is 0.881 bits per heavy atom. The van der Waals surface area contributed by atoms with Gasteiger partial charge in [-0.1, -0.05) is 11.8 Å². The van der Waals surface area contributed by atoms with Crippen LogP contribution in [0.15, 0.2) is 43.1 Å². The molecule has 2 aliphatic rings. The molecule has 2 fully saturated rings. The van der Waals surface area contributed by atoms with Crippen molar-refractivity contribution in [1.29, 1.82) is 0 Å². The van der Waals surface area contributed by atoms with E-state index in [2.05, 4.69) is 16.0 Å². The highest BCUT2D eigenvalue weighted by molar-refractivity contribution is 7.88. The van der Waals surface area contributed by atoms with Crippen LogP contribution in [0.2, 0.25) is 0 Å². The number of hydrogen-bond donors (Lipinski definition) is 1. The van der Waals surface area contributed by atoms with E-state index in [-0.39, 0.29) is 42.9 Å². The third kappa shape index (κ3) is 10.6.